The number of hydrogen-bond acceptors (Lipinski definition) is 3. The standard InChI is InChI=1S/C13H12N2O3/c1-15-7-6-14-11(15)8-9-2-4-10(5-3-9)12(16)13(17)18/h2-7H,8H2,1H3,(H,17,18). The third-order valence-electron chi connectivity index (χ3n) is 2.69. The van der Waals surface area contributed by atoms with E-state index in [9.17, 15) is 9.59 Å². The molecule has 1 aromatic heterocycles. The Balaban J connectivity index is 2.16. The molecule has 18 heavy (non-hydrogen) atoms. The lowest BCUT2D eigenvalue weighted by molar-refractivity contribution is -0.131. The maximum atomic E-state index is 11.2. The van der Waals surface area contributed by atoms with Gasteiger partial charge in [0.15, 0.2) is 0 Å². The van der Waals surface area contributed by atoms with E-state index in [-0.39, 0.29) is 5.56 Å². The van der Waals surface area contributed by atoms with Crippen LogP contribution in [0.4, 0.5) is 0 Å². The van der Waals surface area contributed by atoms with Crippen molar-refractivity contribution in [3.8, 4) is 0 Å². The number of carboxylic acid groups (broad SMARTS) is 1. The topological polar surface area (TPSA) is 72.2 Å². The van der Waals surface area contributed by atoms with E-state index in [2.05, 4.69) is 4.98 Å². The van der Waals surface area contributed by atoms with Crippen LogP contribution >= 0.6 is 0 Å². The number of Topliss-reactive ketones (excluding diaryl/α,β-unsaturated/α-hetero) is 1. The van der Waals surface area contributed by atoms with Gasteiger partial charge in [0.25, 0.3) is 5.78 Å². The van der Waals surface area contributed by atoms with Crippen molar-refractivity contribution in [2.24, 2.45) is 7.05 Å². The van der Waals surface area contributed by atoms with E-state index < -0.39 is 11.8 Å². The summed E-state index contributed by atoms with van der Waals surface area (Å²) in [5.74, 6) is -1.42. The second-order valence-corrected chi connectivity index (χ2v) is 3.96. The van der Waals surface area contributed by atoms with Crippen LogP contribution in [0, 0.1) is 0 Å². The Hall–Kier alpha value is -2.43. The lowest BCUT2D eigenvalue weighted by atomic mass is 10.1. The van der Waals surface area contributed by atoms with Gasteiger partial charge in [-0.3, -0.25) is 4.79 Å². The molecule has 0 saturated heterocycles. The third kappa shape index (κ3) is 2.45. The molecular weight excluding hydrogens is 232 g/mol. The van der Waals surface area contributed by atoms with E-state index in [0.29, 0.717) is 6.42 Å². The maximum absolute atomic E-state index is 11.2. The van der Waals surface area contributed by atoms with Crippen LogP contribution in [0.2, 0.25) is 0 Å². The van der Waals surface area contributed by atoms with Gasteiger partial charge in [-0.2, -0.15) is 0 Å². The minimum Gasteiger partial charge on any atom is -0.475 e. The minimum absolute atomic E-state index is 0.186. The monoisotopic (exact) mass is 244 g/mol. The van der Waals surface area contributed by atoms with E-state index in [1.807, 2.05) is 17.8 Å². The quantitative estimate of drug-likeness (QED) is 0.649. The van der Waals surface area contributed by atoms with E-state index in [0.717, 1.165) is 11.4 Å². The molecule has 0 bridgehead atoms. The molecule has 2 aromatic rings. The maximum Gasteiger partial charge on any atom is 0.377 e. The Kier molecular flexibility index (Phi) is 3.23. The Morgan fingerprint density at radius 3 is 2.44 bits per heavy atom. The first-order valence-corrected chi connectivity index (χ1v) is 5.40. The van der Waals surface area contributed by atoms with Crippen LogP contribution in [-0.2, 0) is 18.3 Å². The number of nitrogens with zero attached hydrogens (tertiary/aromatic N) is 2. The number of hydrogen-bond donors (Lipinski definition) is 1. The van der Waals surface area contributed by atoms with Gasteiger partial charge in [0.2, 0.25) is 0 Å². The summed E-state index contributed by atoms with van der Waals surface area (Å²) in [6.45, 7) is 0. The van der Waals surface area contributed by atoms with Crippen LogP contribution in [0.5, 0.6) is 0 Å². The molecule has 0 aliphatic rings. The van der Waals surface area contributed by atoms with Gasteiger partial charge in [-0.1, -0.05) is 24.3 Å². The Morgan fingerprint density at radius 2 is 1.94 bits per heavy atom. The first-order chi connectivity index (χ1) is 8.58. The molecule has 1 aromatic carbocycles. The Labute approximate surface area is 104 Å². The third-order valence-corrected chi connectivity index (χ3v) is 2.69. The molecule has 0 spiro atoms. The number of aromatic nitrogens is 2. The predicted octanol–water partition coefficient (Wildman–Crippen LogP) is 1.28. The highest BCUT2D eigenvalue weighted by molar-refractivity contribution is 6.39. The van der Waals surface area contributed by atoms with E-state index in [1.165, 1.54) is 12.1 Å². The van der Waals surface area contributed by atoms with Crippen molar-refractivity contribution >= 4 is 11.8 Å². The Bertz CT molecular complexity index is 585. The number of carboxylic acids is 1. The van der Waals surface area contributed by atoms with Gasteiger partial charge in [-0.25, -0.2) is 9.78 Å². The molecule has 92 valence electrons. The number of ketones is 1. The summed E-state index contributed by atoms with van der Waals surface area (Å²) in [6, 6.07) is 6.53. The van der Waals surface area contributed by atoms with Gasteiger partial charge in [-0.05, 0) is 5.56 Å². The highest BCUT2D eigenvalue weighted by atomic mass is 16.4. The smallest absolute Gasteiger partial charge is 0.377 e. The lowest BCUT2D eigenvalue weighted by Crippen LogP contribution is -2.12. The molecule has 5 heteroatoms. The van der Waals surface area contributed by atoms with Crippen molar-refractivity contribution in [2.45, 2.75) is 6.42 Å². The van der Waals surface area contributed by atoms with Crippen LogP contribution in [-0.4, -0.2) is 26.4 Å². The van der Waals surface area contributed by atoms with Crippen LogP contribution in [0.3, 0.4) is 0 Å². The molecule has 5 nitrogen and oxygen atoms in total. The SMILES string of the molecule is Cn1ccnc1Cc1ccc(C(=O)C(=O)O)cc1. The average Bonchev–Trinajstić information content (AvgIpc) is 2.75. The van der Waals surface area contributed by atoms with Crippen LogP contribution < -0.4 is 0 Å². The fraction of sp³-hybridized carbons (Fsp3) is 0.154. The fourth-order valence-electron chi connectivity index (χ4n) is 1.65. The molecule has 2 rings (SSSR count). The van der Waals surface area contributed by atoms with Crippen molar-refractivity contribution in [1.29, 1.82) is 0 Å². The highest BCUT2D eigenvalue weighted by Crippen LogP contribution is 2.09. The molecule has 0 atom stereocenters. The molecule has 0 amide bonds. The van der Waals surface area contributed by atoms with E-state index in [4.69, 9.17) is 5.11 Å². The van der Waals surface area contributed by atoms with Crippen molar-refractivity contribution in [1.82, 2.24) is 9.55 Å². The van der Waals surface area contributed by atoms with Gasteiger partial charge in [0.05, 0.1) is 0 Å². The molecule has 0 fully saturated rings. The number of aryl methyl sites for hydroxylation is 1. The van der Waals surface area contributed by atoms with Crippen molar-refractivity contribution in [3.63, 3.8) is 0 Å². The summed E-state index contributed by atoms with van der Waals surface area (Å²) in [6.07, 6.45) is 4.22. The summed E-state index contributed by atoms with van der Waals surface area (Å²) in [4.78, 5) is 25.9. The zero-order valence-corrected chi connectivity index (χ0v) is 9.83. The van der Waals surface area contributed by atoms with Gasteiger partial charge >= 0.3 is 5.97 Å². The fourth-order valence-corrected chi connectivity index (χ4v) is 1.65. The molecular formula is C13H12N2O3. The molecule has 0 saturated carbocycles. The number of rotatable bonds is 4. The van der Waals surface area contributed by atoms with Crippen molar-refractivity contribution < 1.29 is 14.7 Å². The summed E-state index contributed by atoms with van der Waals surface area (Å²) in [5, 5.41) is 8.59. The average molecular weight is 244 g/mol. The molecule has 0 radical (unpaired) electrons. The number of aliphatic carboxylic acids is 1. The number of carbonyl (C=O) groups is 2. The molecule has 0 aliphatic carbocycles. The second kappa shape index (κ2) is 4.83. The number of benzene rings is 1. The van der Waals surface area contributed by atoms with Crippen molar-refractivity contribution in [3.05, 3.63) is 53.6 Å². The highest BCUT2D eigenvalue weighted by Gasteiger charge is 2.13. The van der Waals surface area contributed by atoms with E-state index >= 15 is 0 Å². The summed E-state index contributed by atoms with van der Waals surface area (Å²) in [7, 11) is 1.91. The predicted molar refractivity (Wildman–Crippen MR) is 64.4 cm³/mol. The van der Waals surface area contributed by atoms with Crippen LogP contribution in [0.25, 0.3) is 0 Å². The van der Waals surface area contributed by atoms with Crippen molar-refractivity contribution in [2.75, 3.05) is 0 Å². The molecule has 1 heterocycles. The van der Waals surface area contributed by atoms with Crippen LogP contribution in [0.15, 0.2) is 36.7 Å². The zero-order chi connectivity index (χ0) is 13.1. The largest absolute Gasteiger partial charge is 0.475 e. The van der Waals surface area contributed by atoms with Gasteiger partial charge < -0.3 is 9.67 Å². The van der Waals surface area contributed by atoms with Gasteiger partial charge in [-0.15, -0.1) is 0 Å². The summed E-state index contributed by atoms with van der Waals surface area (Å²) < 4.78 is 1.91. The lowest BCUT2D eigenvalue weighted by Gasteiger charge is -2.03. The number of carbonyl (C=O) groups excluding carboxylic acids is 1. The Morgan fingerprint density at radius 1 is 1.28 bits per heavy atom. The molecule has 0 unspecified atom stereocenters. The van der Waals surface area contributed by atoms with Crippen LogP contribution in [0.1, 0.15) is 21.7 Å². The van der Waals surface area contributed by atoms with Gasteiger partial charge in [0, 0.05) is 31.4 Å². The summed E-state index contributed by atoms with van der Waals surface area (Å²) >= 11 is 0. The molecule has 1 N–H and O–H groups in total. The molecule has 0 aliphatic heterocycles. The van der Waals surface area contributed by atoms with Gasteiger partial charge in [0.1, 0.15) is 5.82 Å². The number of imidazole rings is 1. The summed E-state index contributed by atoms with van der Waals surface area (Å²) in [5.41, 5.74) is 1.16. The van der Waals surface area contributed by atoms with E-state index in [1.54, 1.807) is 18.3 Å². The minimum atomic E-state index is -1.44. The normalized spacial score (nSPS) is 10.3. The second-order valence-electron chi connectivity index (χ2n) is 3.96. The first kappa shape index (κ1) is 12.0. The first-order valence-electron chi connectivity index (χ1n) is 5.40. The zero-order valence-electron chi connectivity index (χ0n) is 9.83.